The summed E-state index contributed by atoms with van der Waals surface area (Å²) in [5, 5.41) is 15.8. The maximum atomic E-state index is 12.7. The lowest BCUT2D eigenvalue weighted by molar-refractivity contribution is -0.140. The van der Waals surface area contributed by atoms with Crippen molar-refractivity contribution in [2.45, 2.75) is 26.2 Å². The number of nitrogens with zero attached hydrogens (tertiary/aromatic N) is 2. The van der Waals surface area contributed by atoms with Gasteiger partial charge in [-0.2, -0.15) is 0 Å². The molecule has 4 aliphatic rings. The number of halogens is 1. The average molecular weight is 488 g/mol. The van der Waals surface area contributed by atoms with E-state index in [0.29, 0.717) is 25.6 Å². The number of hydrogen-bond donors (Lipinski definition) is 3. The van der Waals surface area contributed by atoms with Crippen LogP contribution in [0.5, 0.6) is 0 Å². The fourth-order valence-corrected chi connectivity index (χ4v) is 4.60. The first kappa shape index (κ1) is 20.6. The van der Waals surface area contributed by atoms with E-state index >= 15 is 0 Å². The Kier molecular flexibility index (Phi) is 6.14. The number of nitrogens with one attached hydrogen (secondary N) is 2. The molecule has 0 spiro atoms. The third-order valence-electron chi connectivity index (χ3n) is 6.40. The second-order valence-electron chi connectivity index (χ2n) is 8.11. The van der Waals surface area contributed by atoms with Gasteiger partial charge in [0, 0.05) is 25.0 Å². The van der Waals surface area contributed by atoms with Gasteiger partial charge in [0.1, 0.15) is 0 Å². The SMILES string of the molecule is CCNC(=NCC1(CO)CC1)NCCN1C(=O)C2C3C=CC(C3)C2C1=O.I. The summed E-state index contributed by atoms with van der Waals surface area (Å²) in [6.45, 7) is 4.36. The van der Waals surface area contributed by atoms with E-state index in [1.54, 1.807) is 0 Å². The highest BCUT2D eigenvalue weighted by atomic mass is 127. The van der Waals surface area contributed by atoms with E-state index in [1.807, 2.05) is 6.92 Å². The molecule has 4 unspecified atom stereocenters. The lowest BCUT2D eigenvalue weighted by atomic mass is 9.85. The number of likely N-dealkylation sites (tertiary alicyclic amines) is 1. The highest BCUT2D eigenvalue weighted by molar-refractivity contribution is 14.0. The van der Waals surface area contributed by atoms with Gasteiger partial charge in [-0.25, -0.2) is 0 Å². The Labute approximate surface area is 177 Å². The van der Waals surface area contributed by atoms with E-state index in [4.69, 9.17) is 0 Å². The zero-order chi connectivity index (χ0) is 18.3. The van der Waals surface area contributed by atoms with Crippen LogP contribution in [0.1, 0.15) is 26.2 Å². The van der Waals surface area contributed by atoms with Gasteiger partial charge in [-0.05, 0) is 38.0 Å². The Morgan fingerprint density at radius 1 is 1.22 bits per heavy atom. The molecule has 2 bridgehead atoms. The number of aliphatic hydroxyl groups is 1. The zero-order valence-electron chi connectivity index (χ0n) is 15.7. The first-order valence-electron chi connectivity index (χ1n) is 9.75. The molecule has 0 aromatic heterocycles. The first-order valence-corrected chi connectivity index (χ1v) is 9.75. The highest BCUT2D eigenvalue weighted by Crippen LogP contribution is 2.52. The second kappa shape index (κ2) is 8.06. The van der Waals surface area contributed by atoms with E-state index in [0.717, 1.165) is 25.8 Å². The molecule has 27 heavy (non-hydrogen) atoms. The summed E-state index contributed by atoms with van der Waals surface area (Å²) in [4.78, 5) is 31.3. The maximum Gasteiger partial charge on any atom is 0.233 e. The molecule has 0 radical (unpaired) electrons. The van der Waals surface area contributed by atoms with Crippen LogP contribution in [0.15, 0.2) is 17.1 Å². The zero-order valence-corrected chi connectivity index (χ0v) is 18.0. The summed E-state index contributed by atoms with van der Waals surface area (Å²) in [6.07, 6.45) is 7.22. The monoisotopic (exact) mass is 488 g/mol. The van der Waals surface area contributed by atoms with Gasteiger partial charge in [0.2, 0.25) is 11.8 Å². The summed E-state index contributed by atoms with van der Waals surface area (Å²) in [6, 6.07) is 0. The van der Waals surface area contributed by atoms with Crippen molar-refractivity contribution in [2.75, 3.05) is 32.8 Å². The molecule has 0 aromatic carbocycles. The van der Waals surface area contributed by atoms with Crippen molar-refractivity contribution < 1.29 is 14.7 Å². The maximum absolute atomic E-state index is 12.7. The van der Waals surface area contributed by atoms with Crippen molar-refractivity contribution >= 4 is 41.8 Å². The van der Waals surface area contributed by atoms with Crippen molar-refractivity contribution in [3.63, 3.8) is 0 Å². The number of fused-ring (bicyclic) bond motifs is 5. The van der Waals surface area contributed by atoms with Crippen LogP contribution in [-0.2, 0) is 9.59 Å². The third-order valence-corrected chi connectivity index (χ3v) is 6.40. The Hall–Kier alpha value is -1.16. The van der Waals surface area contributed by atoms with E-state index in [1.165, 1.54) is 4.90 Å². The number of aliphatic hydroxyl groups excluding tert-OH is 1. The van der Waals surface area contributed by atoms with Crippen LogP contribution >= 0.6 is 24.0 Å². The molecule has 4 rings (SSSR count). The number of imide groups is 1. The number of allylic oxidation sites excluding steroid dienone is 2. The summed E-state index contributed by atoms with van der Waals surface area (Å²) in [5.41, 5.74) is -0.0348. The molecule has 4 atom stereocenters. The summed E-state index contributed by atoms with van der Waals surface area (Å²) >= 11 is 0. The standard InChI is InChI=1S/C19H28N4O3.HI/c1-2-20-18(22-10-19(11-24)5-6-19)21-7-8-23-16(25)14-12-3-4-13(9-12)15(14)17(23)26;/h3-4,12-15,24H,2,5-11H2,1H3,(H2,20,21,22);1H. The molecule has 1 aliphatic heterocycles. The number of aliphatic imine (C=N–C) groups is 1. The predicted octanol–water partition coefficient (Wildman–Crippen LogP) is 0.739. The van der Waals surface area contributed by atoms with Gasteiger partial charge in [0.25, 0.3) is 0 Å². The molecule has 2 saturated carbocycles. The quantitative estimate of drug-likeness (QED) is 0.162. The molecule has 2 amide bonds. The number of carbonyl (C=O) groups is 2. The molecule has 3 fully saturated rings. The molecule has 1 saturated heterocycles. The Balaban J connectivity index is 0.00000210. The van der Waals surface area contributed by atoms with Gasteiger partial charge in [0.15, 0.2) is 5.96 Å². The van der Waals surface area contributed by atoms with Crippen LogP contribution < -0.4 is 10.6 Å². The molecule has 8 heteroatoms. The molecule has 3 aliphatic carbocycles. The second-order valence-corrected chi connectivity index (χ2v) is 8.11. The summed E-state index contributed by atoms with van der Waals surface area (Å²) < 4.78 is 0. The molecular formula is C19H29IN4O3. The number of amides is 2. The molecule has 1 heterocycles. The Morgan fingerprint density at radius 3 is 2.37 bits per heavy atom. The molecule has 150 valence electrons. The van der Waals surface area contributed by atoms with Gasteiger partial charge >= 0.3 is 0 Å². The molecule has 7 nitrogen and oxygen atoms in total. The van der Waals surface area contributed by atoms with Crippen LogP contribution in [-0.4, -0.2) is 60.6 Å². The van der Waals surface area contributed by atoms with Crippen LogP contribution in [0.25, 0.3) is 0 Å². The fourth-order valence-electron chi connectivity index (χ4n) is 4.60. The number of guanidine groups is 1. The van der Waals surface area contributed by atoms with Crippen LogP contribution in [0, 0.1) is 29.1 Å². The van der Waals surface area contributed by atoms with E-state index in [-0.39, 0.29) is 71.5 Å². The summed E-state index contributed by atoms with van der Waals surface area (Å²) in [5.74, 6) is 0.930. The Morgan fingerprint density at radius 2 is 1.85 bits per heavy atom. The van der Waals surface area contributed by atoms with Gasteiger partial charge < -0.3 is 15.7 Å². The van der Waals surface area contributed by atoms with Crippen molar-refractivity contribution in [3.8, 4) is 0 Å². The van der Waals surface area contributed by atoms with Crippen molar-refractivity contribution in [3.05, 3.63) is 12.2 Å². The smallest absolute Gasteiger partial charge is 0.233 e. The van der Waals surface area contributed by atoms with Crippen LogP contribution in [0.2, 0.25) is 0 Å². The van der Waals surface area contributed by atoms with Crippen molar-refractivity contribution in [2.24, 2.45) is 34.1 Å². The topological polar surface area (TPSA) is 94.0 Å². The molecular weight excluding hydrogens is 459 g/mol. The summed E-state index contributed by atoms with van der Waals surface area (Å²) in [7, 11) is 0. The number of hydrogen-bond acceptors (Lipinski definition) is 4. The largest absolute Gasteiger partial charge is 0.396 e. The third kappa shape index (κ3) is 3.74. The molecule has 0 aromatic rings. The van der Waals surface area contributed by atoms with Crippen molar-refractivity contribution in [1.82, 2.24) is 15.5 Å². The van der Waals surface area contributed by atoms with Gasteiger partial charge in [-0.1, -0.05) is 12.2 Å². The molecule has 3 N–H and O–H groups in total. The van der Waals surface area contributed by atoms with E-state index in [9.17, 15) is 14.7 Å². The normalized spacial score (nSPS) is 32.5. The predicted molar refractivity (Wildman–Crippen MR) is 113 cm³/mol. The lowest BCUT2D eigenvalue weighted by Crippen LogP contribution is -2.44. The van der Waals surface area contributed by atoms with Crippen LogP contribution in [0.4, 0.5) is 0 Å². The lowest BCUT2D eigenvalue weighted by Gasteiger charge is -2.19. The average Bonchev–Trinajstić information content (AvgIpc) is 3.00. The van der Waals surface area contributed by atoms with E-state index < -0.39 is 0 Å². The van der Waals surface area contributed by atoms with Gasteiger partial charge in [-0.3, -0.25) is 19.5 Å². The van der Waals surface area contributed by atoms with Crippen LogP contribution in [0.3, 0.4) is 0 Å². The minimum atomic E-state index is -0.126. The highest BCUT2D eigenvalue weighted by Gasteiger charge is 2.58. The minimum absolute atomic E-state index is 0. The van der Waals surface area contributed by atoms with Gasteiger partial charge in [0.05, 0.1) is 25.0 Å². The number of carbonyl (C=O) groups excluding carboxylic acids is 2. The van der Waals surface area contributed by atoms with Crippen molar-refractivity contribution in [1.29, 1.82) is 0 Å². The fraction of sp³-hybridized carbons (Fsp3) is 0.737. The van der Waals surface area contributed by atoms with Gasteiger partial charge in [-0.15, -0.1) is 24.0 Å². The van der Waals surface area contributed by atoms with E-state index in [2.05, 4.69) is 27.8 Å². The number of rotatable bonds is 7. The minimum Gasteiger partial charge on any atom is -0.396 e. The Bertz CT molecular complexity index is 631. The first-order chi connectivity index (χ1) is 12.6.